The summed E-state index contributed by atoms with van der Waals surface area (Å²) in [4.78, 5) is 0. The molecule has 4 heteroatoms. The van der Waals surface area contributed by atoms with Crippen LogP contribution in [0.25, 0.3) is 11.0 Å². The Bertz CT molecular complexity index is 628. The molecule has 1 N–H and O–H groups in total. The van der Waals surface area contributed by atoms with Gasteiger partial charge in [-0.15, -0.1) is 0 Å². The maximum Gasteiger partial charge on any atom is 0.176 e. The second-order valence-electron chi connectivity index (χ2n) is 5.62. The van der Waals surface area contributed by atoms with Gasteiger partial charge in [0.15, 0.2) is 11.3 Å². The molecule has 1 aromatic carbocycles. The highest BCUT2D eigenvalue weighted by atomic mass is 16.5. The number of ether oxygens (including phenoxy) is 2. The maximum absolute atomic E-state index is 6.08. The molecule has 1 heterocycles. The first-order valence-corrected chi connectivity index (χ1v) is 7.60. The number of aryl methyl sites for hydroxylation is 1. The molecule has 0 radical (unpaired) electrons. The minimum atomic E-state index is 0.561. The predicted octanol–water partition coefficient (Wildman–Crippen LogP) is 3.40. The maximum atomic E-state index is 6.08. The molecule has 1 aliphatic carbocycles. The largest absolute Gasteiger partial charge is 0.493 e. The Balaban J connectivity index is 2.05. The van der Waals surface area contributed by atoms with E-state index in [9.17, 15) is 0 Å². The minimum Gasteiger partial charge on any atom is -0.493 e. The molecule has 1 saturated carbocycles. The number of hydrogen-bond acceptors (Lipinski definition) is 4. The van der Waals surface area contributed by atoms with Gasteiger partial charge in [-0.1, -0.05) is 6.92 Å². The summed E-state index contributed by atoms with van der Waals surface area (Å²) < 4.78 is 17.0. The molecule has 0 atom stereocenters. The van der Waals surface area contributed by atoms with E-state index in [-0.39, 0.29) is 0 Å². The first kappa shape index (κ1) is 14.4. The van der Waals surface area contributed by atoms with Crippen molar-refractivity contribution in [2.24, 2.45) is 0 Å². The van der Waals surface area contributed by atoms with Crippen LogP contribution in [0.15, 0.2) is 16.5 Å². The Hall–Kier alpha value is -1.52. The van der Waals surface area contributed by atoms with Gasteiger partial charge in [-0.05, 0) is 37.0 Å². The van der Waals surface area contributed by atoms with Gasteiger partial charge in [0.05, 0.1) is 20.3 Å². The lowest BCUT2D eigenvalue weighted by molar-refractivity contribution is 0.183. The number of furan rings is 1. The zero-order chi connectivity index (χ0) is 14.8. The SMILES string of the molecule is CCc1cc(OC)c2oc(CNC3CC3)c(COC)c2c1. The Morgan fingerprint density at radius 2 is 2.10 bits per heavy atom. The number of fused-ring (bicyclic) bond motifs is 1. The fourth-order valence-electron chi connectivity index (χ4n) is 2.65. The van der Waals surface area contributed by atoms with Crippen molar-refractivity contribution in [3.05, 3.63) is 29.0 Å². The first-order chi connectivity index (χ1) is 10.3. The molecule has 0 amide bonds. The van der Waals surface area contributed by atoms with E-state index in [1.54, 1.807) is 14.2 Å². The molecule has 114 valence electrons. The molecule has 1 aromatic heterocycles. The average molecular weight is 289 g/mol. The fourth-order valence-corrected chi connectivity index (χ4v) is 2.65. The van der Waals surface area contributed by atoms with E-state index >= 15 is 0 Å². The molecular formula is C17H23NO3. The van der Waals surface area contributed by atoms with Gasteiger partial charge in [-0.25, -0.2) is 0 Å². The summed E-state index contributed by atoms with van der Waals surface area (Å²) in [5.74, 6) is 1.77. The summed E-state index contributed by atoms with van der Waals surface area (Å²) in [6.07, 6.45) is 3.51. The van der Waals surface area contributed by atoms with Crippen molar-refractivity contribution in [3.8, 4) is 5.75 Å². The van der Waals surface area contributed by atoms with E-state index in [0.29, 0.717) is 12.6 Å². The zero-order valence-electron chi connectivity index (χ0n) is 13.0. The molecule has 2 aromatic rings. The van der Waals surface area contributed by atoms with E-state index in [0.717, 1.165) is 41.0 Å². The second-order valence-corrected chi connectivity index (χ2v) is 5.62. The summed E-state index contributed by atoms with van der Waals surface area (Å²) in [6.45, 7) is 3.46. The topological polar surface area (TPSA) is 43.6 Å². The molecule has 0 saturated heterocycles. The number of rotatable bonds is 7. The van der Waals surface area contributed by atoms with Crippen LogP contribution in [0.3, 0.4) is 0 Å². The quantitative estimate of drug-likeness (QED) is 0.848. The van der Waals surface area contributed by atoms with Gasteiger partial charge in [0.25, 0.3) is 0 Å². The van der Waals surface area contributed by atoms with Crippen LogP contribution >= 0.6 is 0 Å². The van der Waals surface area contributed by atoms with Crippen molar-refractivity contribution in [2.45, 2.75) is 45.4 Å². The lowest BCUT2D eigenvalue weighted by Crippen LogP contribution is -2.15. The molecule has 3 rings (SSSR count). The molecule has 21 heavy (non-hydrogen) atoms. The van der Waals surface area contributed by atoms with E-state index in [1.165, 1.54) is 18.4 Å². The van der Waals surface area contributed by atoms with Gasteiger partial charge in [0.2, 0.25) is 0 Å². The zero-order valence-corrected chi connectivity index (χ0v) is 13.0. The Morgan fingerprint density at radius 3 is 2.71 bits per heavy atom. The second kappa shape index (κ2) is 6.08. The smallest absolute Gasteiger partial charge is 0.176 e. The number of benzene rings is 1. The Labute approximate surface area is 125 Å². The van der Waals surface area contributed by atoms with Gasteiger partial charge in [-0.3, -0.25) is 0 Å². The molecule has 0 unspecified atom stereocenters. The third kappa shape index (κ3) is 2.92. The van der Waals surface area contributed by atoms with Crippen LogP contribution in [0.5, 0.6) is 5.75 Å². The molecule has 1 fully saturated rings. The van der Waals surface area contributed by atoms with Crippen molar-refractivity contribution in [1.82, 2.24) is 5.32 Å². The van der Waals surface area contributed by atoms with Crippen LogP contribution in [-0.2, 0) is 24.3 Å². The minimum absolute atomic E-state index is 0.561. The average Bonchev–Trinajstić information content (AvgIpc) is 3.27. The van der Waals surface area contributed by atoms with E-state index in [1.807, 2.05) is 0 Å². The lowest BCUT2D eigenvalue weighted by atomic mass is 10.1. The van der Waals surface area contributed by atoms with Crippen LogP contribution in [0.2, 0.25) is 0 Å². The van der Waals surface area contributed by atoms with Crippen molar-refractivity contribution < 1.29 is 13.9 Å². The predicted molar refractivity (Wildman–Crippen MR) is 82.7 cm³/mol. The van der Waals surface area contributed by atoms with Crippen molar-refractivity contribution in [1.29, 1.82) is 0 Å². The highest BCUT2D eigenvalue weighted by molar-refractivity contribution is 5.88. The summed E-state index contributed by atoms with van der Waals surface area (Å²) in [5, 5.41) is 4.62. The molecule has 0 aliphatic heterocycles. The molecule has 1 aliphatic rings. The normalized spacial score (nSPS) is 14.8. The lowest BCUT2D eigenvalue weighted by Gasteiger charge is -2.05. The Kier molecular flexibility index (Phi) is 4.17. The molecular weight excluding hydrogens is 266 g/mol. The third-order valence-corrected chi connectivity index (χ3v) is 4.05. The summed E-state index contributed by atoms with van der Waals surface area (Å²) in [6, 6.07) is 4.90. The van der Waals surface area contributed by atoms with Crippen LogP contribution in [0, 0.1) is 0 Å². The van der Waals surface area contributed by atoms with E-state index in [4.69, 9.17) is 13.9 Å². The third-order valence-electron chi connectivity index (χ3n) is 4.05. The number of hydrogen-bond donors (Lipinski definition) is 1. The van der Waals surface area contributed by atoms with Crippen molar-refractivity contribution >= 4 is 11.0 Å². The molecule has 0 spiro atoms. The molecule has 0 bridgehead atoms. The van der Waals surface area contributed by atoms with Gasteiger partial charge >= 0.3 is 0 Å². The van der Waals surface area contributed by atoms with E-state index < -0.39 is 0 Å². The van der Waals surface area contributed by atoms with E-state index in [2.05, 4.69) is 24.4 Å². The van der Waals surface area contributed by atoms with Crippen LogP contribution < -0.4 is 10.1 Å². The fraction of sp³-hybridized carbons (Fsp3) is 0.529. The van der Waals surface area contributed by atoms with Crippen molar-refractivity contribution in [2.75, 3.05) is 14.2 Å². The van der Waals surface area contributed by atoms with Crippen LogP contribution in [0.4, 0.5) is 0 Å². The highest BCUT2D eigenvalue weighted by Crippen LogP contribution is 2.35. The standard InChI is InChI=1S/C17H23NO3/c1-4-11-7-13-14(10-19-2)16(9-18-12-5-6-12)21-17(13)15(8-11)20-3/h7-8,12,18H,4-6,9-10H2,1-3H3. The van der Waals surface area contributed by atoms with Gasteiger partial charge in [-0.2, -0.15) is 0 Å². The van der Waals surface area contributed by atoms with Gasteiger partial charge in [0, 0.05) is 24.1 Å². The highest BCUT2D eigenvalue weighted by Gasteiger charge is 2.23. The summed E-state index contributed by atoms with van der Waals surface area (Å²) in [5.41, 5.74) is 3.21. The van der Waals surface area contributed by atoms with Crippen LogP contribution in [0.1, 0.15) is 36.7 Å². The summed E-state index contributed by atoms with van der Waals surface area (Å²) in [7, 11) is 3.41. The molecule has 4 nitrogen and oxygen atoms in total. The van der Waals surface area contributed by atoms with Crippen molar-refractivity contribution in [3.63, 3.8) is 0 Å². The number of methoxy groups -OCH3 is 2. The first-order valence-electron chi connectivity index (χ1n) is 7.60. The summed E-state index contributed by atoms with van der Waals surface area (Å²) >= 11 is 0. The monoisotopic (exact) mass is 289 g/mol. The van der Waals surface area contributed by atoms with Gasteiger partial charge in [0.1, 0.15) is 5.76 Å². The Morgan fingerprint density at radius 1 is 1.29 bits per heavy atom. The van der Waals surface area contributed by atoms with Gasteiger partial charge < -0.3 is 19.2 Å². The van der Waals surface area contributed by atoms with Crippen LogP contribution in [-0.4, -0.2) is 20.3 Å². The number of nitrogens with one attached hydrogen (secondary N) is 1.